The van der Waals surface area contributed by atoms with Gasteiger partial charge in [0.15, 0.2) is 0 Å². The Balaban J connectivity index is 1.80. The molecule has 4 heteroatoms. The fraction of sp³-hybridized carbons (Fsp3) is 0.909. The van der Waals surface area contributed by atoms with Gasteiger partial charge < -0.3 is 11.1 Å². The molecule has 0 aromatic carbocycles. The molecule has 2 rings (SSSR count). The molecule has 1 amide bonds. The van der Waals surface area contributed by atoms with Gasteiger partial charge in [-0.05, 0) is 44.8 Å². The number of amides is 1. The number of thioether (sulfide) groups is 1. The van der Waals surface area contributed by atoms with Crippen molar-refractivity contribution in [2.45, 2.75) is 49.3 Å². The highest BCUT2D eigenvalue weighted by atomic mass is 32.2. The third-order valence-corrected chi connectivity index (χ3v) is 5.16. The quantitative estimate of drug-likeness (QED) is 0.765. The molecule has 0 spiro atoms. The van der Waals surface area contributed by atoms with E-state index in [4.69, 9.17) is 5.73 Å². The molecule has 3 N–H and O–H groups in total. The zero-order valence-corrected chi connectivity index (χ0v) is 10.2. The second-order valence-electron chi connectivity index (χ2n) is 5.09. The lowest BCUT2D eigenvalue weighted by molar-refractivity contribution is -0.129. The summed E-state index contributed by atoms with van der Waals surface area (Å²) in [5.41, 5.74) is 5.41. The summed E-state index contributed by atoms with van der Waals surface area (Å²) in [6, 6.07) is 0. The molecule has 3 nitrogen and oxygen atoms in total. The maximum atomic E-state index is 11.8. The zero-order valence-electron chi connectivity index (χ0n) is 9.34. The molecular weight excluding hydrogens is 208 g/mol. The summed E-state index contributed by atoms with van der Waals surface area (Å²) in [5, 5.41) is 3.02. The van der Waals surface area contributed by atoms with E-state index in [1.165, 1.54) is 18.6 Å². The van der Waals surface area contributed by atoms with E-state index in [1.807, 2.05) is 11.8 Å². The molecule has 15 heavy (non-hydrogen) atoms. The van der Waals surface area contributed by atoms with E-state index in [-0.39, 0.29) is 10.7 Å². The van der Waals surface area contributed by atoms with Crippen LogP contribution in [-0.4, -0.2) is 28.5 Å². The molecule has 0 aromatic heterocycles. The summed E-state index contributed by atoms with van der Waals surface area (Å²) in [4.78, 5) is 11.8. The fourth-order valence-electron chi connectivity index (χ4n) is 2.20. The second-order valence-corrected chi connectivity index (χ2v) is 6.78. The lowest BCUT2D eigenvalue weighted by Crippen LogP contribution is -2.59. The number of carbonyl (C=O) groups excluding carboxylic acids is 1. The average Bonchev–Trinajstić information content (AvgIpc) is 2.58. The molecule has 1 saturated carbocycles. The molecule has 1 aliphatic carbocycles. The lowest BCUT2D eigenvalue weighted by Gasteiger charge is -2.37. The molecule has 2 aliphatic rings. The molecule has 0 radical (unpaired) electrons. The smallest absolute Gasteiger partial charge is 0.240 e. The summed E-state index contributed by atoms with van der Waals surface area (Å²) >= 11 is 1.97. The average molecular weight is 228 g/mol. The molecule has 0 aromatic rings. The minimum absolute atomic E-state index is 0.0578. The van der Waals surface area contributed by atoms with Crippen molar-refractivity contribution >= 4 is 17.7 Å². The number of rotatable bonds is 3. The van der Waals surface area contributed by atoms with Gasteiger partial charge in [0.2, 0.25) is 5.91 Å². The standard InChI is InChI=1S/C11H20N2OS/c1-10(4-3-7-15-10)8-13-9(14)11(12)5-2-6-11/h2-8,12H2,1H3,(H,13,14). The van der Waals surface area contributed by atoms with Crippen LogP contribution in [0.25, 0.3) is 0 Å². The van der Waals surface area contributed by atoms with E-state index >= 15 is 0 Å². The van der Waals surface area contributed by atoms with E-state index in [0.29, 0.717) is 0 Å². The first-order valence-electron chi connectivity index (χ1n) is 5.75. The number of hydrogen-bond donors (Lipinski definition) is 2. The Morgan fingerprint density at radius 1 is 1.40 bits per heavy atom. The third kappa shape index (κ3) is 2.31. The molecule has 2 fully saturated rings. The first-order chi connectivity index (χ1) is 7.04. The van der Waals surface area contributed by atoms with Crippen LogP contribution in [0, 0.1) is 0 Å². The van der Waals surface area contributed by atoms with Gasteiger partial charge in [-0.25, -0.2) is 0 Å². The van der Waals surface area contributed by atoms with Crippen molar-refractivity contribution in [3.8, 4) is 0 Å². The minimum atomic E-state index is -0.542. The van der Waals surface area contributed by atoms with Gasteiger partial charge in [-0.1, -0.05) is 0 Å². The van der Waals surface area contributed by atoms with E-state index in [0.717, 1.165) is 25.8 Å². The van der Waals surface area contributed by atoms with Crippen molar-refractivity contribution in [2.75, 3.05) is 12.3 Å². The van der Waals surface area contributed by atoms with Gasteiger partial charge in [0.25, 0.3) is 0 Å². The molecule has 1 saturated heterocycles. The highest BCUT2D eigenvalue weighted by Gasteiger charge is 2.41. The van der Waals surface area contributed by atoms with Crippen molar-refractivity contribution in [1.29, 1.82) is 0 Å². The normalized spacial score (nSPS) is 33.5. The Bertz CT molecular complexity index is 257. The van der Waals surface area contributed by atoms with Crippen molar-refractivity contribution in [1.82, 2.24) is 5.32 Å². The fourth-order valence-corrected chi connectivity index (χ4v) is 3.45. The van der Waals surface area contributed by atoms with E-state index < -0.39 is 5.54 Å². The van der Waals surface area contributed by atoms with Gasteiger partial charge in [0.1, 0.15) is 0 Å². The van der Waals surface area contributed by atoms with E-state index in [1.54, 1.807) is 0 Å². The van der Waals surface area contributed by atoms with Gasteiger partial charge in [0.05, 0.1) is 5.54 Å². The summed E-state index contributed by atoms with van der Waals surface area (Å²) in [6.07, 6.45) is 5.27. The number of nitrogens with one attached hydrogen (secondary N) is 1. The molecule has 86 valence electrons. The first-order valence-corrected chi connectivity index (χ1v) is 6.74. The number of hydrogen-bond acceptors (Lipinski definition) is 3. The number of nitrogens with two attached hydrogens (primary N) is 1. The minimum Gasteiger partial charge on any atom is -0.353 e. The Morgan fingerprint density at radius 3 is 2.60 bits per heavy atom. The summed E-state index contributed by atoms with van der Waals surface area (Å²) < 4.78 is 0.246. The van der Waals surface area contributed by atoms with Gasteiger partial charge >= 0.3 is 0 Å². The predicted octanol–water partition coefficient (Wildman–Crippen LogP) is 1.27. The topological polar surface area (TPSA) is 55.1 Å². The van der Waals surface area contributed by atoms with Gasteiger partial charge in [-0.2, -0.15) is 11.8 Å². The van der Waals surface area contributed by atoms with Gasteiger partial charge in [-0.3, -0.25) is 4.79 Å². The van der Waals surface area contributed by atoms with E-state index in [2.05, 4.69) is 12.2 Å². The summed E-state index contributed by atoms with van der Waals surface area (Å²) in [7, 11) is 0. The monoisotopic (exact) mass is 228 g/mol. The zero-order chi connectivity index (χ0) is 10.9. The van der Waals surface area contributed by atoms with Crippen LogP contribution in [0.4, 0.5) is 0 Å². The Kier molecular flexibility index (Phi) is 2.99. The summed E-state index contributed by atoms with van der Waals surface area (Å²) in [5.74, 6) is 1.28. The van der Waals surface area contributed by atoms with Crippen molar-refractivity contribution in [2.24, 2.45) is 5.73 Å². The molecular formula is C11H20N2OS. The third-order valence-electron chi connectivity index (χ3n) is 3.62. The number of carbonyl (C=O) groups is 1. The maximum absolute atomic E-state index is 11.8. The van der Waals surface area contributed by atoms with Crippen LogP contribution in [0.3, 0.4) is 0 Å². The van der Waals surface area contributed by atoms with Crippen LogP contribution < -0.4 is 11.1 Å². The van der Waals surface area contributed by atoms with Crippen molar-refractivity contribution in [3.63, 3.8) is 0 Å². The van der Waals surface area contributed by atoms with Crippen LogP contribution in [0.2, 0.25) is 0 Å². The molecule has 0 bridgehead atoms. The maximum Gasteiger partial charge on any atom is 0.240 e. The Labute approximate surface area is 95.6 Å². The van der Waals surface area contributed by atoms with Crippen LogP contribution in [0.5, 0.6) is 0 Å². The molecule has 1 heterocycles. The second kappa shape index (κ2) is 3.98. The van der Waals surface area contributed by atoms with Crippen molar-refractivity contribution in [3.05, 3.63) is 0 Å². The van der Waals surface area contributed by atoms with Gasteiger partial charge in [0, 0.05) is 11.3 Å². The SMILES string of the molecule is CC1(CNC(=O)C2(N)CCC2)CCCS1. The largest absolute Gasteiger partial charge is 0.353 e. The van der Waals surface area contributed by atoms with Gasteiger partial charge in [-0.15, -0.1) is 0 Å². The first kappa shape index (κ1) is 11.3. The highest BCUT2D eigenvalue weighted by Crippen LogP contribution is 2.37. The van der Waals surface area contributed by atoms with Crippen molar-refractivity contribution < 1.29 is 4.79 Å². The van der Waals surface area contributed by atoms with E-state index in [9.17, 15) is 4.79 Å². The lowest BCUT2D eigenvalue weighted by atomic mass is 9.77. The van der Waals surface area contributed by atoms with Crippen LogP contribution in [0.15, 0.2) is 0 Å². The van der Waals surface area contributed by atoms with Crippen LogP contribution >= 0.6 is 11.8 Å². The predicted molar refractivity (Wildman–Crippen MR) is 63.9 cm³/mol. The molecule has 1 atom stereocenters. The molecule has 1 unspecified atom stereocenters. The van der Waals surface area contributed by atoms with Crippen LogP contribution in [0.1, 0.15) is 39.0 Å². The van der Waals surface area contributed by atoms with Crippen LogP contribution in [-0.2, 0) is 4.79 Å². The summed E-state index contributed by atoms with van der Waals surface area (Å²) in [6.45, 7) is 3.00. The Morgan fingerprint density at radius 2 is 2.13 bits per heavy atom. The molecule has 1 aliphatic heterocycles. The highest BCUT2D eigenvalue weighted by molar-refractivity contribution is 8.00. The Hall–Kier alpha value is -0.220.